The lowest BCUT2D eigenvalue weighted by Crippen LogP contribution is -2.54. The molecule has 0 saturated carbocycles. The van der Waals surface area contributed by atoms with Crippen LogP contribution in [0, 0.1) is 0 Å². The summed E-state index contributed by atoms with van der Waals surface area (Å²) in [6.45, 7) is 2.68. The van der Waals surface area contributed by atoms with Gasteiger partial charge in [0.1, 0.15) is 6.23 Å². The molecular formula is C22H28N4O2. The molecule has 0 bridgehead atoms. The van der Waals surface area contributed by atoms with Crippen LogP contribution >= 0.6 is 0 Å². The Hall–Kier alpha value is -2.57. The van der Waals surface area contributed by atoms with Crippen molar-refractivity contribution in [3.05, 3.63) is 54.1 Å². The predicted octanol–water partition coefficient (Wildman–Crippen LogP) is 2.32. The summed E-state index contributed by atoms with van der Waals surface area (Å²) in [6, 6.07) is 17.0. The summed E-state index contributed by atoms with van der Waals surface area (Å²) in [4.78, 5) is 16.6. The standard InChI is InChI=1S/C22H28N4O2/c23-21(27)10-9-19-15-25(17-4-2-1-3-5-17)12-13-26(19)18-8-6-16-7-11-22(28)24-20(16)14-18/h1-6,8,14,19,21,27H,7,9-13,15,23H2,(H,24,28). The third-order valence-electron chi connectivity index (χ3n) is 5.72. The van der Waals surface area contributed by atoms with Gasteiger partial charge in [0.05, 0.1) is 0 Å². The van der Waals surface area contributed by atoms with E-state index in [0.717, 1.165) is 43.9 Å². The summed E-state index contributed by atoms with van der Waals surface area (Å²) in [6.07, 6.45) is 1.93. The van der Waals surface area contributed by atoms with Crippen LogP contribution in [0.25, 0.3) is 0 Å². The molecule has 2 aliphatic heterocycles. The van der Waals surface area contributed by atoms with E-state index in [0.29, 0.717) is 12.8 Å². The van der Waals surface area contributed by atoms with Crippen molar-refractivity contribution in [3.8, 4) is 0 Å². The number of nitrogens with zero attached hydrogens (tertiary/aromatic N) is 2. The number of hydrogen-bond acceptors (Lipinski definition) is 5. The maximum Gasteiger partial charge on any atom is 0.224 e. The first-order chi connectivity index (χ1) is 13.6. The zero-order chi connectivity index (χ0) is 19.5. The fourth-order valence-corrected chi connectivity index (χ4v) is 4.22. The van der Waals surface area contributed by atoms with Gasteiger partial charge in [0.2, 0.25) is 5.91 Å². The average Bonchev–Trinajstić information content (AvgIpc) is 2.72. The summed E-state index contributed by atoms with van der Waals surface area (Å²) >= 11 is 0. The molecule has 2 unspecified atom stereocenters. The van der Waals surface area contributed by atoms with Gasteiger partial charge in [0.15, 0.2) is 0 Å². The van der Waals surface area contributed by atoms with E-state index < -0.39 is 6.23 Å². The highest BCUT2D eigenvalue weighted by molar-refractivity contribution is 5.94. The number of hydrogen-bond donors (Lipinski definition) is 3. The molecule has 2 atom stereocenters. The summed E-state index contributed by atoms with van der Waals surface area (Å²) in [7, 11) is 0. The number of benzene rings is 2. The minimum absolute atomic E-state index is 0.0846. The van der Waals surface area contributed by atoms with E-state index in [1.807, 2.05) is 6.07 Å². The molecule has 28 heavy (non-hydrogen) atoms. The lowest BCUT2D eigenvalue weighted by atomic mass is 10.00. The molecule has 2 heterocycles. The van der Waals surface area contributed by atoms with Gasteiger partial charge in [-0.1, -0.05) is 24.3 Å². The zero-order valence-electron chi connectivity index (χ0n) is 16.1. The number of carbonyl (C=O) groups is 1. The van der Waals surface area contributed by atoms with E-state index in [1.165, 1.54) is 11.3 Å². The van der Waals surface area contributed by atoms with Crippen LogP contribution in [0.3, 0.4) is 0 Å². The lowest BCUT2D eigenvalue weighted by molar-refractivity contribution is -0.116. The zero-order valence-corrected chi connectivity index (χ0v) is 16.1. The van der Waals surface area contributed by atoms with Crippen LogP contribution in [0.15, 0.2) is 48.5 Å². The highest BCUT2D eigenvalue weighted by atomic mass is 16.3. The lowest BCUT2D eigenvalue weighted by Gasteiger charge is -2.44. The van der Waals surface area contributed by atoms with Crippen molar-refractivity contribution < 1.29 is 9.90 Å². The first kappa shape index (κ1) is 18.8. The van der Waals surface area contributed by atoms with E-state index in [1.54, 1.807) is 0 Å². The Morgan fingerprint density at radius 2 is 1.93 bits per heavy atom. The van der Waals surface area contributed by atoms with Crippen molar-refractivity contribution in [2.45, 2.75) is 38.0 Å². The van der Waals surface area contributed by atoms with Crippen LogP contribution in [0.2, 0.25) is 0 Å². The van der Waals surface area contributed by atoms with Gasteiger partial charge >= 0.3 is 0 Å². The van der Waals surface area contributed by atoms with Crippen molar-refractivity contribution in [1.82, 2.24) is 0 Å². The molecule has 148 valence electrons. The van der Waals surface area contributed by atoms with Gasteiger partial charge in [-0.3, -0.25) is 4.79 Å². The Labute approximate surface area is 165 Å². The molecule has 2 aromatic carbocycles. The first-order valence-electron chi connectivity index (χ1n) is 10.0. The third-order valence-corrected chi connectivity index (χ3v) is 5.72. The highest BCUT2D eigenvalue weighted by Gasteiger charge is 2.28. The molecule has 4 N–H and O–H groups in total. The average molecular weight is 380 g/mol. The minimum Gasteiger partial charge on any atom is -0.379 e. The van der Waals surface area contributed by atoms with E-state index >= 15 is 0 Å². The fraction of sp³-hybridized carbons (Fsp3) is 0.409. The van der Waals surface area contributed by atoms with E-state index in [-0.39, 0.29) is 11.9 Å². The monoisotopic (exact) mass is 380 g/mol. The predicted molar refractivity (Wildman–Crippen MR) is 113 cm³/mol. The summed E-state index contributed by atoms with van der Waals surface area (Å²) in [5.41, 5.74) is 10.1. The Balaban J connectivity index is 1.56. The molecule has 1 fully saturated rings. The Bertz CT molecular complexity index is 825. The van der Waals surface area contributed by atoms with Gasteiger partial charge in [-0.25, -0.2) is 0 Å². The molecule has 1 saturated heterocycles. The number of carbonyl (C=O) groups excluding carboxylic acids is 1. The summed E-state index contributed by atoms with van der Waals surface area (Å²) in [5.74, 6) is 0.0846. The number of fused-ring (bicyclic) bond motifs is 1. The number of aliphatic hydroxyl groups is 1. The van der Waals surface area contributed by atoms with Gasteiger partial charge in [-0.15, -0.1) is 0 Å². The first-order valence-corrected chi connectivity index (χ1v) is 10.0. The van der Waals surface area contributed by atoms with Crippen molar-refractivity contribution in [2.75, 3.05) is 34.8 Å². The Morgan fingerprint density at radius 3 is 2.71 bits per heavy atom. The number of aryl methyl sites for hydroxylation is 1. The van der Waals surface area contributed by atoms with Crippen LogP contribution in [0.4, 0.5) is 17.1 Å². The van der Waals surface area contributed by atoms with E-state index in [2.05, 4.69) is 57.6 Å². The molecule has 2 aromatic rings. The molecule has 0 spiro atoms. The maximum absolute atomic E-state index is 11.8. The van der Waals surface area contributed by atoms with Crippen LogP contribution in [0.5, 0.6) is 0 Å². The van der Waals surface area contributed by atoms with Gasteiger partial charge in [0.25, 0.3) is 0 Å². The van der Waals surface area contributed by atoms with Gasteiger partial charge in [0, 0.05) is 49.2 Å². The van der Waals surface area contributed by atoms with Gasteiger partial charge in [-0.2, -0.15) is 0 Å². The van der Waals surface area contributed by atoms with E-state index in [4.69, 9.17) is 5.73 Å². The highest BCUT2D eigenvalue weighted by Crippen LogP contribution is 2.31. The van der Waals surface area contributed by atoms with Crippen molar-refractivity contribution in [3.63, 3.8) is 0 Å². The normalized spacial score (nSPS) is 20.5. The van der Waals surface area contributed by atoms with Crippen molar-refractivity contribution in [2.24, 2.45) is 5.73 Å². The number of aliphatic hydroxyl groups excluding tert-OH is 1. The summed E-state index contributed by atoms with van der Waals surface area (Å²) in [5, 5.41) is 12.6. The van der Waals surface area contributed by atoms with E-state index in [9.17, 15) is 9.90 Å². The number of amides is 1. The Morgan fingerprint density at radius 1 is 1.11 bits per heavy atom. The molecule has 0 aromatic heterocycles. The topological polar surface area (TPSA) is 81.8 Å². The van der Waals surface area contributed by atoms with Gasteiger partial charge in [-0.05, 0) is 49.1 Å². The molecule has 1 amide bonds. The molecular weight excluding hydrogens is 352 g/mol. The molecule has 4 rings (SSSR count). The molecule has 0 aliphatic carbocycles. The molecule has 6 nitrogen and oxygen atoms in total. The maximum atomic E-state index is 11.8. The number of nitrogens with two attached hydrogens (primary N) is 1. The van der Waals surface area contributed by atoms with Crippen LogP contribution in [0.1, 0.15) is 24.8 Å². The number of rotatable bonds is 5. The smallest absolute Gasteiger partial charge is 0.224 e. The molecule has 6 heteroatoms. The Kier molecular flexibility index (Phi) is 5.50. The number of piperazine rings is 1. The van der Waals surface area contributed by atoms with Crippen LogP contribution < -0.4 is 20.9 Å². The minimum atomic E-state index is -0.795. The quantitative estimate of drug-likeness (QED) is 0.694. The fourth-order valence-electron chi connectivity index (χ4n) is 4.22. The molecule has 2 aliphatic rings. The van der Waals surface area contributed by atoms with Crippen molar-refractivity contribution in [1.29, 1.82) is 0 Å². The molecule has 0 radical (unpaired) electrons. The number of para-hydroxylation sites is 1. The second-order valence-electron chi connectivity index (χ2n) is 7.66. The number of anilines is 3. The SMILES string of the molecule is NC(O)CCC1CN(c2ccccc2)CCN1c1ccc2c(c1)NC(=O)CC2. The second-order valence-corrected chi connectivity index (χ2v) is 7.66. The summed E-state index contributed by atoms with van der Waals surface area (Å²) < 4.78 is 0. The van der Waals surface area contributed by atoms with Crippen molar-refractivity contribution >= 4 is 23.0 Å². The van der Waals surface area contributed by atoms with Gasteiger partial charge < -0.3 is 26.0 Å². The third kappa shape index (κ3) is 4.13. The number of nitrogens with one attached hydrogen (secondary N) is 1. The van der Waals surface area contributed by atoms with Crippen LogP contribution in [-0.2, 0) is 11.2 Å². The second kappa shape index (κ2) is 8.20. The van der Waals surface area contributed by atoms with Crippen LogP contribution in [-0.4, -0.2) is 42.9 Å². The largest absolute Gasteiger partial charge is 0.379 e.